The van der Waals surface area contributed by atoms with Gasteiger partial charge in [0.25, 0.3) is 0 Å². The number of nitrogens with one attached hydrogen (secondary N) is 3. The maximum Gasteiger partial charge on any atom is 0.350 e. The molecule has 12 heteroatoms. The van der Waals surface area contributed by atoms with Crippen LogP contribution in [0.15, 0.2) is 41.3 Å². The third-order valence-electron chi connectivity index (χ3n) is 7.08. The van der Waals surface area contributed by atoms with Gasteiger partial charge in [0.2, 0.25) is 27.5 Å². The molecule has 1 fully saturated rings. The Hall–Kier alpha value is -3.51. The first-order valence-corrected chi connectivity index (χ1v) is 14.6. The Bertz CT molecular complexity index is 1360. The number of nitrogens with zero attached hydrogens (tertiary/aromatic N) is 2. The number of rotatable bonds is 11. The molecule has 2 amide bonds. The van der Waals surface area contributed by atoms with Gasteiger partial charge in [-0.2, -0.15) is 4.31 Å². The van der Waals surface area contributed by atoms with Crippen molar-refractivity contribution in [3.63, 3.8) is 0 Å². The molecule has 3 heterocycles. The van der Waals surface area contributed by atoms with Crippen LogP contribution in [-0.4, -0.2) is 65.9 Å². The molecular weight excluding hydrogens is 522 g/mol. The van der Waals surface area contributed by atoms with Crippen LogP contribution in [0.5, 0.6) is 0 Å². The summed E-state index contributed by atoms with van der Waals surface area (Å²) in [5.74, 6) is -2.36. The molecule has 2 aliphatic rings. The lowest BCUT2D eigenvalue weighted by Gasteiger charge is -2.38. The molecule has 2 aliphatic heterocycles. The molecule has 11 nitrogen and oxygen atoms in total. The number of fused-ring (bicyclic) bond motifs is 1. The van der Waals surface area contributed by atoms with Gasteiger partial charge in [-0.25, -0.2) is 18.2 Å². The Morgan fingerprint density at radius 2 is 1.92 bits per heavy atom. The van der Waals surface area contributed by atoms with E-state index in [1.807, 2.05) is 6.07 Å². The number of hydrogen-bond acceptors (Lipinski definition) is 7. The zero-order chi connectivity index (χ0) is 28.2. The smallest absolute Gasteiger partial charge is 0.350 e. The lowest BCUT2D eigenvalue weighted by Crippen LogP contribution is -2.67. The molecule has 0 radical (unpaired) electrons. The highest BCUT2D eigenvalue weighted by Gasteiger charge is 2.44. The fraction of sp³-hybridized carbons (Fsp3) is 0.481. The van der Waals surface area contributed by atoms with Crippen molar-refractivity contribution in [3.8, 4) is 0 Å². The van der Waals surface area contributed by atoms with Crippen molar-refractivity contribution >= 4 is 33.6 Å². The van der Waals surface area contributed by atoms with Crippen LogP contribution in [0, 0.1) is 12.8 Å². The molecule has 1 aromatic heterocycles. The number of carbonyl (C=O) groups is 3. The average Bonchev–Trinajstić information content (AvgIpc) is 2.85. The summed E-state index contributed by atoms with van der Waals surface area (Å²) in [7, 11) is -3.75. The number of aliphatic carboxylic acids is 1. The third kappa shape index (κ3) is 6.74. The molecule has 0 spiro atoms. The van der Waals surface area contributed by atoms with Gasteiger partial charge in [0.15, 0.2) is 0 Å². The van der Waals surface area contributed by atoms with E-state index in [1.165, 1.54) is 22.9 Å². The van der Waals surface area contributed by atoms with Crippen LogP contribution in [0.4, 0.5) is 5.82 Å². The van der Waals surface area contributed by atoms with Gasteiger partial charge in [0, 0.05) is 31.7 Å². The number of sulfonamides is 1. The largest absolute Gasteiger partial charge is 0.478 e. The fourth-order valence-electron chi connectivity index (χ4n) is 4.65. The van der Waals surface area contributed by atoms with E-state index in [0.717, 1.165) is 36.5 Å². The second-order valence-electron chi connectivity index (χ2n) is 10.4. The number of hydrogen-bond donors (Lipinski definition) is 4. The highest BCUT2D eigenvalue weighted by molar-refractivity contribution is 7.89. The van der Waals surface area contributed by atoms with Crippen LogP contribution in [-0.2, 0) is 37.2 Å². The number of unbranched alkanes of at least 4 members (excludes halogenated alkanes) is 1. The monoisotopic (exact) mass is 557 g/mol. The maximum absolute atomic E-state index is 12.8. The minimum Gasteiger partial charge on any atom is -0.478 e. The van der Waals surface area contributed by atoms with Gasteiger partial charge in [-0.05, 0) is 75.3 Å². The van der Waals surface area contributed by atoms with E-state index < -0.39 is 39.4 Å². The first kappa shape index (κ1) is 28.5. The molecule has 39 heavy (non-hydrogen) atoms. The van der Waals surface area contributed by atoms with E-state index in [1.54, 1.807) is 25.1 Å². The Balaban J connectivity index is 1.24. The Kier molecular flexibility index (Phi) is 8.55. The van der Waals surface area contributed by atoms with Crippen LogP contribution in [0.2, 0.25) is 0 Å². The van der Waals surface area contributed by atoms with Crippen LogP contribution in [0.25, 0.3) is 0 Å². The van der Waals surface area contributed by atoms with Gasteiger partial charge < -0.3 is 21.1 Å². The number of pyridine rings is 1. The minimum absolute atomic E-state index is 0.0714. The first-order chi connectivity index (χ1) is 18.5. The average molecular weight is 558 g/mol. The zero-order valence-corrected chi connectivity index (χ0v) is 23.0. The summed E-state index contributed by atoms with van der Waals surface area (Å²) < 4.78 is 26.8. The first-order valence-electron chi connectivity index (χ1n) is 13.1. The molecular formula is C27H35N5O6S. The van der Waals surface area contributed by atoms with Crippen molar-refractivity contribution in [3.05, 3.63) is 53.2 Å². The molecule has 4 N–H and O–H groups in total. The predicted molar refractivity (Wildman–Crippen MR) is 144 cm³/mol. The molecule has 1 atom stereocenters. The van der Waals surface area contributed by atoms with E-state index in [9.17, 15) is 27.9 Å². The highest BCUT2D eigenvalue weighted by atomic mass is 32.2. The number of carbonyl (C=O) groups excluding carboxylic acids is 2. The lowest BCUT2D eigenvalue weighted by molar-refractivity contribution is -0.152. The second-order valence-corrected chi connectivity index (χ2v) is 12.3. The minimum atomic E-state index is -3.75. The number of carboxylic acid groups (broad SMARTS) is 1. The molecule has 0 aliphatic carbocycles. The summed E-state index contributed by atoms with van der Waals surface area (Å²) in [6.07, 6.45) is 4.11. The van der Waals surface area contributed by atoms with Gasteiger partial charge in [-0.1, -0.05) is 18.2 Å². The summed E-state index contributed by atoms with van der Waals surface area (Å²) in [5, 5.41) is 17.8. The van der Waals surface area contributed by atoms with Gasteiger partial charge in [-0.3, -0.25) is 9.59 Å². The van der Waals surface area contributed by atoms with Crippen LogP contribution in [0.1, 0.15) is 49.4 Å². The summed E-state index contributed by atoms with van der Waals surface area (Å²) in [6.45, 7) is 3.76. The topological polar surface area (TPSA) is 158 Å². The van der Waals surface area contributed by atoms with E-state index in [4.69, 9.17) is 0 Å². The SMILES string of the molecule is Cc1cccc(S(=O)(=O)N2CC(C(=O)NC(C)(NC(=O)CCCCc3ccc4c(n3)NCCC4)C(=O)O)C2)c1. The molecule has 1 unspecified atom stereocenters. The van der Waals surface area contributed by atoms with E-state index in [2.05, 4.69) is 27.0 Å². The summed E-state index contributed by atoms with van der Waals surface area (Å²) >= 11 is 0. The quantitative estimate of drug-likeness (QED) is 0.241. The number of amides is 2. The number of carboxylic acids is 1. The van der Waals surface area contributed by atoms with Crippen molar-refractivity contribution in [2.75, 3.05) is 25.0 Å². The van der Waals surface area contributed by atoms with Crippen LogP contribution >= 0.6 is 0 Å². The van der Waals surface area contributed by atoms with E-state index in [0.29, 0.717) is 19.3 Å². The molecule has 210 valence electrons. The van der Waals surface area contributed by atoms with Crippen molar-refractivity contribution in [1.29, 1.82) is 0 Å². The summed E-state index contributed by atoms with van der Waals surface area (Å²) in [5.41, 5.74) is 0.925. The van der Waals surface area contributed by atoms with Crippen molar-refractivity contribution in [2.24, 2.45) is 5.92 Å². The molecule has 1 saturated heterocycles. The van der Waals surface area contributed by atoms with Crippen molar-refractivity contribution < 1.29 is 27.9 Å². The lowest BCUT2D eigenvalue weighted by atomic mass is 10.0. The highest BCUT2D eigenvalue weighted by Crippen LogP contribution is 2.26. The summed E-state index contributed by atoms with van der Waals surface area (Å²) in [6, 6.07) is 10.6. The molecule has 1 aromatic carbocycles. The Morgan fingerprint density at radius 1 is 1.15 bits per heavy atom. The summed E-state index contributed by atoms with van der Waals surface area (Å²) in [4.78, 5) is 42.0. The number of benzene rings is 1. The molecule has 0 saturated carbocycles. The maximum atomic E-state index is 12.8. The Labute approximate surface area is 228 Å². The number of aromatic nitrogens is 1. The van der Waals surface area contributed by atoms with Crippen LogP contribution in [0.3, 0.4) is 0 Å². The predicted octanol–water partition coefficient (Wildman–Crippen LogP) is 1.81. The van der Waals surface area contributed by atoms with Crippen molar-refractivity contribution in [1.82, 2.24) is 19.9 Å². The van der Waals surface area contributed by atoms with Gasteiger partial charge >= 0.3 is 5.97 Å². The molecule has 0 bridgehead atoms. The van der Waals surface area contributed by atoms with Gasteiger partial charge in [0.05, 0.1) is 10.8 Å². The van der Waals surface area contributed by atoms with Gasteiger partial charge in [-0.15, -0.1) is 0 Å². The molecule has 2 aromatic rings. The fourth-order valence-corrected chi connectivity index (χ4v) is 6.29. The van der Waals surface area contributed by atoms with E-state index >= 15 is 0 Å². The van der Waals surface area contributed by atoms with Crippen molar-refractivity contribution in [2.45, 2.75) is 62.9 Å². The standard InChI is InChI=1S/C27H35N5O6S/c1-18-7-5-10-22(15-18)39(37,38)32-16-20(17-32)25(34)31-27(2,26(35)36)30-23(33)11-4-3-9-21-13-12-19-8-6-14-28-24(19)29-21/h5,7,10,12-13,15,20H,3-4,6,8-9,11,14,16-17H2,1-2H3,(H,28,29)(H,30,33)(H,31,34)(H,35,36). The van der Waals surface area contributed by atoms with Crippen LogP contribution < -0.4 is 16.0 Å². The Morgan fingerprint density at radius 3 is 2.64 bits per heavy atom. The second kappa shape index (κ2) is 11.7. The molecule has 4 rings (SSSR count). The number of anilines is 1. The number of aryl methyl sites for hydroxylation is 3. The zero-order valence-electron chi connectivity index (χ0n) is 22.2. The normalized spacial score (nSPS) is 17.2. The van der Waals surface area contributed by atoms with Gasteiger partial charge in [0.1, 0.15) is 5.82 Å². The van der Waals surface area contributed by atoms with E-state index in [-0.39, 0.29) is 24.4 Å². The third-order valence-corrected chi connectivity index (χ3v) is 8.90.